The number of aliphatic carboxylic acids is 1. The van der Waals surface area contributed by atoms with Crippen LogP contribution in [0.4, 0.5) is 5.69 Å². The molecule has 0 spiro atoms. The maximum atomic E-state index is 13.3. The molecule has 0 heterocycles. The van der Waals surface area contributed by atoms with Gasteiger partial charge in [0.2, 0.25) is 0 Å². The first-order chi connectivity index (χ1) is 11.8. The minimum Gasteiger partial charge on any atom is -0.480 e. The number of sulfonamides is 1. The topological polar surface area (TPSA) is 74.7 Å². The standard InChI is InChI=1S/C19H23NO4S/c1-4-15-10-9-11-16(5-2)18(15)20(14(3)19(21)22)25(23,24)17-12-7-6-8-13-17/h6-14H,4-5H2,1-3H3,(H,21,22). The Labute approximate surface area is 149 Å². The van der Waals surface area contributed by atoms with E-state index in [0.717, 1.165) is 15.4 Å². The van der Waals surface area contributed by atoms with Crippen LogP contribution >= 0.6 is 0 Å². The molecule has 0 aromatic heterocycles. The quantitative estimate of drug-likeness (QED) is 0.819. The van der Waals surface area contributed by atoms with Crippen LogP contribution in [0, 0.1) is 0 Å². The number of nitrogens with zero attached hydrogens (tertiary/aromatic N) is 1. The van der Waals surface area contributed by atoms with Crippen LogP contribution in [0.1, 0.15) is 31.9 Å². The Morgan fingerprint density at radius 1 is 1.00 bits per heavy atom. The number of rotatable bonds is 7. The van der Waals surface area contributed by atoms with Gasteiger partial charge in [-0.05, 0) is 43.0 Å². The molecule has 1 atom stereocenters. The van der Waals surface area contributed by atoms with Crippen LogP contribution in [0.25, 0.3) is 0 Å². The summed E-state index contributed by atoms with van der Waals surface area (Å²) in [5.74, 6) is -1.19. The van der Waals surface area contributed by atoms with Crippen LogP contribution in [-0.4, -0.2) is 25.5 Å². The average molecular weight is 361 g/mol. The molecule has 0 saturated carbocycles. The van der Waals surface area contributed by atoms with Gasteiger partial charge in [0.1, 0.15) is 6.04 Å². The van der Waals surface area contributed by atoms with Crippen molar-refractivity contribution in [2.75, 3.05) is 4.31 Å². The van der Waals surface area contributed by atoms with E-state index in [0.29, 0.717) is 18.5 Å². The summed E-state index contributed by atoms with van der Waals surface area (Å²) in [7, 11) is -4.01. The number of carboxylic acid groups (broad SMARTS) is 1. The molecular formula is C19H23NO4S. The third kappa shape index (κ3) is 3.69. The Balaban J connectivity index is 2.78. The fraction of sp³-hybridized carbons (Fsp3) is 0.316. The summed E-state index contributed by atoms with van der Waals surface area (Å²) in [6, 6.07) is 12.3. The van der Waals surface area contributed by atoms with E-state index in [1.54, 1.807) is 18.2 Å². The average Bonchev–Trinajstić information content (AvgIpc) is 2.62. The molecule has 134 valence electrons. The number of para-hydroxylation sites is 1. The van der Waals surface area contributed by atoms with Crippen molar-refractivity contribution < 1.29 is 18.3 Å². The molecule has 1 unspecified atom stereocenters. The maximum absolute atomic E-state index is 13.3. The maximum Gasteiger partial charge on any atom is 0.327 e. The van der Waals surface area contributed by atoms with Gasteiger partial charge in [0, 0.05) is 0 Å². The van der Waals surface area contributed by atoms with Gasteiger partial charge in [-0.25, -0.2) is 13.2 Å². The highest BCUT2D eigenvalue weighted by atomic mass is 32.2. The Kier molecular flexibility index (Phi) is 5.85. The first-order valence-corrected chi connectivity index (χ1v) is 9.71. The molecule has 1 N–H and O–H groups in total. The summed E-state index contributed by atoms with van der Waals surface area (Å²) < 4.78 is 27.6. The SMILES string of the molecule is CCc1cccc(CC)c1N(C(C)C(=O)O)S(=O)(=O)c1ccccc1. The van der Waals surface area contributed by atoms with Crippen LogP contribution in [0.15, 0.2) is 53.4 Å². The normalized spacial score (nSPS) is 12.6. The highest BCUT2D eigenvalue weighted by molar-refractivity contribution is 7.93. The summed E-state index contributed by atoms with van der Waals surface area (Å²) in [6.07, 6.45) is 1.21. The summed E-state index contributed by atoms with van der Waals surface area (Å²) in [5, 5.41) is 9.55. The zero-order chi connectivity index (χ0) is 18.6. The van der Waals surface area contributed by atoms with E-state index >= 15 is 0 Å². The molecule has 25 heavy (non-hydrogen) atoms. The van der Waals surface area contributed by atoms with E-state index in [-0.39, 0.29) is 4.90 Å². The number of hydrogen-bond donors (Lipinski definition) is 1. The van der Waals surface area contributed by atoms with E-state index in [1.165, 1.54) is 19.1 Å². The Morgan fingerprint density at radius 2 is 1.52 bits per heavy atom. The number of aryl methyl sites for hydroxylation is 2. The fourth-order valence-corrected chi connectivity index (χ4v) is 4.54. The molecular weight excluding hydrogens is 338 g/mol. The molecule has 2 aromatic carbocycles. The molecule has 0 bridgehead atoms. The lowest BCUT2D eigenvalue weighted by Crippen LogP contribution is -2.44. The predicted octanol–water partition coefficient (Wildman–Crippen LogP) is 3.48. The van der Waals surface area contributed by atoms with Gasteiger partial charge >= 0.3 is 5.97 Å². The molecule has 0 fully saturated rings. The Hall–Kier alpha value is -2.34. The van der Waals surface area contributed by atoms with Gasteiger partial charge < -0.3 is 5.11 Å². The minimum absolute atomic E-state index is 0.0797. The van der Waals surface area contributed by atoms with Gasteiger partial charge in [-0.15, -0.1) is 0 Å². The van der Waals surface area contributed by atoms with E-state index in [2.05, 4.69) is 0 Å². The van der Waals surface area contributed by atoms with Crippen molar-refractivity contribution in [1.82, 2.24) is 0 Å². The lowest BCUT2D eigenvalue weighted by Gasteiger charge is -2.31. The summed E-state index contributed by atoms with van der Waals surface area (Å²) in [4.78, 5) is 11.8. The Morgan fingerprint density at radius 3 is 1.96 bits per heavy atom. The van der Waals surface area contributed by atoms with Crippen molar-refractivity contribution in [2.45, 2.75) is 44.6 Å². The van der Waals surface area contributed by atoms with Crippen LogP contribution in [0.3, 0.4) is 0 Å². The molecule has 0 amide bonds. The van der Waals surface area contributed by atoms with Crippen molar-refractivity contribution in [3.63, 3.8) is 0 Å². The van der Waals surface area contributed by atoms with E-state index in [4.69, 9.17) is 0 Å². The first kappa shape index (κ1) is 19.0. The fourth-order valence-electron chi connectivity index (χ4n) is 2.83. The van der Waals surface area contributed by atoms with Crippen molar-refractivity contribution in [2.24, 2.45) is 0 Å². The number of hydrogen-bond acceptors (Lipinski definition) is 3. The largest absolute Gasteiger partial charge is 0.480 e. The van der Waals surface area contributed by atoms with Crippen LogP contribution in [0.5, 0.6) is 0 Å². The molecule has 2 rings (SSSR count). The first-order valence-electron chi connectivity index (χ1n) is 8.27. The Bertz CT molecular complexity index is 825. The highest BCUT2D eigenvalue weighted by Gasteiger charge is 2.35. The predicted molar refractivity (Wildman–Crippen MR) is 98.4 cm³/mol. The molecule has 2 aromatic rings. The van der Waals surface area contributed by atoms with Crippen LogP contribution < -0.4 is 4.31 Å². The van der Waals surface area contributed by atoms with Gasteiger partial charge in [-0.3, -0.25) is 4.31 Å². The smallest absolute Gasteiger partial charge is 0.327 e. The van der Waals surface area contributed by atoms with Crippen molar-refractivity contribution >= 4 is 21.7 Å². The van der Waals surface area contributed by atoms with Gasteiger partial charge in [-0.1, -0.05) is 50.2 Å². The second-order valence-corrected chi connectivity index (χ2v) is 7.58. The van der Waals surface area contributed by atoms with Crippen molar-refractivity contribution in [3.05, 3.63) is 59.7 Å². The molecule has 6 heteroatoms. The number of anilines is 1. The molecule has 0 saturated heterocycles. The molecule has 0 aliphatic heterocycles. The lowest BCUT2D eigenvalue weighted by molar-refractivity contribution is -0.137. The van der Waals surface area contributed by atoms with E-state index < -0.39 is 22.0 Å². The second kappa shape index (κ2) is 7.70. The molecule has 5 nitrogen and oxygen atoms in total. The number of benzene rings is 2. The van der Waals surface area contributed by atoms with E-state index in [1.807, 2.05) is 32.0 Å². The minimum atomic E-state index is -4.01. The summed E-state index contributed by atoms with van der Waals surface area (Å²) >= 11 is 0. The highest BCUT2D eigenvalue weighted by Crippen LogP contribution is 2.33. The summed E-state index contributed by atoms with van der Waals surface area (Å²) in [5.41, 5.74) is 2.10. The van der Waals surface area contributed by atoms with Crippen molar-refractivity contribution in [1.29, 1.82) is 0 Å². The van der Waals surface area contributed by atoms with Crippen LogP contribution in [0.2, 0.25) is 0 Å². The molecule has 0 radical (unpaired) electrons. The summed E-state index contributed by atoms with van der Waals surface area (Å²) in [6.45, 7) is 5.25. The second-order valence-electron chi connectivity index (χ2n) is 5.76. The van der Waals surface area contributed by atoms with Gasteiger partial charge in [0.15, 0.2) is 0 Å². The monoisotopic (exact) mass is 361 g/mol. The third-order valence-corrected chi connectivity index (χ3v) is 6.08. The van der Waals surface area contributed by atoms with E-state index in [9.17, 15) is 18.3 Å². The molecule has 0 aliphatic rings. The van der Waals surface area contributed by atoms with Gasteiger partial charge in [0.25, 0.3) is 10.0 Å². The van der Waals surface area contributed by atoms with Crippen LogP contribution in [-0.2, 0) is 27.7 Å². The number of carboxylic acids is 1. The number of carbonyl (C=O) groups is 1. The third-order valence-electron chi connectivity index (χ3n) is 4.19. The molecule has 0 aliphatic carbocycles. The van der Waals surface area contributed by atoms with Gasteiger partial charge in [0.05, 0.1) is 10.6 Å². The zero-order valence-corrected chi connectivity index (χ0v) is 15.5. The van der Waals surface area contributed by atoms with Crippen molar-refractivity contribution in [3.8, 4) is 0 Å². The lowest BCUT2D eigenvalue weighted by atomic mass is 10.0. The van der Waals surface area contributed by atoms with Gasteiger partial charge in [-0.2, -0.15) is 0 Å². The zero-order valence-electron chi connectivity index (χ0n) is 14.6.